The van der Waals surface area contributed by atoms with Gasteiger partial charge in [0.1, 0.15) is 0 Å². The van der Waals surface area contributed by atoms with Crippen molar-refractivity contribution in [2.75, 3.05) is 18.8 Å². The fourth-order valence-electron chi connectivity index (χ4n) is 1.09. The average molecular weight is 161 g/mol. The highest BCUT2D eigenvalue weighted by Gasteiger charge is 2.17. The Balaban J connectivity index is 3.81. The molecule has 0 aliphatic rings. The number of rotatable bonds is 3. The molecular formula is C8H19NS. The monoisotopic (exact) mass is 161 g/mol. The van der Waals surface area contributed by atoms with Gasteiger partial charge in [-0.25, -0.2) is 0 Å². The van der Waals surface area contributed by atoms with Crippen LogP contribution in [-0.4, -0.2) is 29.3 Å². The van der Waals surface area contributed by atoms with Crippen LogP contribution in [0.3, 0.4) is 0 Å². The van der Waals surface area contributed by atoms with Crippen LogP contribution >= 0.6 is 12.6 Å². The second-order valence-electron chi connectivity index (χ2n) is 3.47. The first-order valence-corrected chi connectivity index (χ1v) is 4.51. The Morgan fingerprint density at radius 2 is 1.80 bits per heavy atom. The number of hydrogen-bond donors (Lipinski definition) is 1. The summed E-state index contributed by atoms with van der Waals surface area (Å²) in [6, 6.07) is 0. The van der Waals surface area contributed by atoms with Crippen LogP contribution in [0, 0.1) is 0 Å². The maximum atomic E-state index is 4.20. The first-order valence-electron chi connectivity index (χ1n) is 3.88. The van der Waals surface area contributed by atoms with Crippen LogP contribution in [0.2, 0.25) is 0 Å². The minimum absolute atomic E-state index is 0.303. The molecule has 0 spiro atoms. The second kappa shape index (κ2) is 4.24. The highest BCUT2D eigenvalue weighted by Crippen LogP contribution is 2.11. The summed E-state index contributed by atoms with van der Waals surface area (Å²) >= 11 is 4.20. The van der Waals surface area contributed by atoms with Gasteiger partial charge >= 0.3 is 0 Å². The van der Waals surface area contributed by atoms with Gasteiger partial charge in [0.15, 0.2) is 0 Å². The first kappa shape index (κ1) is 10.3. The Morgan fingerprint density at radius 1 is 1.30 bits per heavy atom. The van der Waals surface area contributed by atoms with Crippen LogP contribution < -0.4 is 0 Å². The summed E-state index contributed by atoms with van der Waals surface area (Å²) in [6.07, 6.45) is 0. The smallest absolute Gasteiger partial charge is 0.0125 e. The highest BCUT2D eigenvalue weighted by molar-refractivity contribution is 7.80. The summed E-state index contributed by atoms with van der Waals surface area (Å²) in [5.74, 6) is 0.950. The van der Waals surface area contributed by atoms with Crippen molar-refractivity contribution < 1.29 is 0 Å². The molecule has 0 aliphatic heterocycles. The van der Waals surface area contributed by atoms with Gasteiger partial charge in [-0.1, -0.05) is 6.92 Å². The molecule has 0 N–H and O–H groups in total. The predicted octanol–water partition coefficient (Wildman–Crippen LogP) is 2.04. The summed E-state index contributed by atoms with van der Waals surface area (Å²) in [7, 11) is 0. The SMILES string of the molecule is CCN(CCS)C(C)(C)C. The van der Waals surface area contributed by atoms with Crippen molar-refractivity contribution in [1.82, 2.24) is 4.90 Å². The van der Waals surface area contributed by atoms with E-state index in [-0.39, 0.29) is 0 Å². The Kier molecular flexibility index (Phi) is 4.37. The van der Waals surface area contributed by atoms with Gasteiger partial charge in [0.05, 0.1) is 0 Å². The molecule has 0 unspecified atom stereocenters. The number of hydrogen-bond acceptors (Lipinski definition) is 2. The average Bonchev–Trinajstić information content (AvgIpc) is 1.80. The Hall–Kier alpha value is 0.310. The molecule has 0 aromatic heterocycles. The van der Waals surface area contributed by atoms with Gasteiger partial charge in [-0.2, -0.15) is 12.6 Å². The Morgan fingerprint density at radius 3 is 1.90 bits per heavy atom. The van der Waals surface area contributed by atoms with Crippen molar-refractivity contribution in [2.45, 2.75) is 33.2 Å². The zero-order valence-corrected chi connectivity index (χ0v) is 8.41. The largest absolute Gasteiger partial charge is 0.298 e. The molecule has 0 heterocycles. The van der Waals surface area contributed by atoms with Crippen molar-refractivity contribution in [3.05, 3.63) is 0 Å². The fraction of sp³-hybridized carbons (Fsp3) is 1.00. The van der Waals surface area contributed by atoms with Gasteiger partial charge in [-0.3, -0.25) is 4.90 Å². The third kappa shape index (κ3) is 3.47. The van der Waals surface area contributed by atoms with Crippen molar-refractivity contribution in [2.24, 2.45) is 0 Å². The van der Waals surface area contributed by atoms with Gasteiger partial charge in [0, 0.05) is 17.8 Å². The zero-order valence-electron chi connectivity index (χ0n) is 7.52. The molecule has 0 saturated heterocycles. The van der Waals surface area contributed by atoms with E-state index in [1.807, 2.05) is 0 Å². The lowest BCUT2D eigenvalue weighted by molar-refractivity contribution is 0.155. The Bertz CT molecular complexity index is 85.7. The van der Waals surface area contributed by atoms with Crippen molar-refractivity contribution in [3.63, 3.8) is 0 Å². The number of thiol groups is 1. The van der Waals surface area contributed by atoms with E-state index in [1.165, 1.54) is 0 Å². The van der Waals surface area contributed by atoms with E-state index in [2.05, 4.69) is 45.2 Å². The van der Waals surface area contributed by atoms with Crippen LogP contribution in [0.5, 0.6) is 0 Å². The van der Waals surface area contributed by atoms with Crippen LogP contribution in [0.25, 0.3) is 0 Å². The molecule has 0 bridgehead atoms. The summed E-state index contributed by atoms with van der Waals surface area (Å²) in [5.41, 5.74) is 0.303. The van der Waals surface area contributed by atoms with E-state index in [0.29, 0.717) is 5.54 Å². The molecule has 0 aliphatic carbocycles. The molecule has 0 amide bonds. The molecule has 2 heteroatoms. The molecule has 0 radical (unpaired) electrons. The topological polar surface area (TPSA) is 3.24 Å². The standard InChI is InChI=1S/C8H19NS/c1-5-9(6-7-10)8(2,3)4/h10H,5-7H2,1-4H3. The van der Waals surface area contributed by atoms with Crippen LogP contribution in [0.15, 0.2) is 0 Å². The second-order valence-corrected chi connectivity index (χ2v) is 3.92. The molecule has 0 aromatic rings. The van der Waals surface area contributed by atoms with E-state index in [0.717, 1.165) is 18.8 Å². The van der Waals surface area contributed by atoms with E-state index < -0.39 is 0 Å². The fourth-order valence-corrected chi connectivity index (χ4v) is 1.33. The van der Waals surface area contributed by atoms with Gasteiger partial charge in [-0.15, -0.1) is 0 Å². The lowest BCUT2D eigenvalue weighted by Crippen LogP contribution is -2.42. The van der Waals surface area contributed by atoms with Gasteiger partial charge in [0.25, 0.3) is 0 Å². The van der Waals surface area contributed by atoms with Crippen LogP contribution in [-0.2, 0) is 0 Å². The summed E-state index contributed by atoms with van der Waals surface area (Å²) in [4.78, 5) is 2.42. The zero-order chi connectivity index (χ0) is 8.20. The van der Waals surface area contributed by atoms with E-state index in [9.17, 15) is 0 Å². The highest BCUT2D eigenvalue weighted by atomic mass is 32.1. The molecule has 1 nitrogen and oxygen atoms in total. The predicted molar refractivity (Wildman–Crippen MR) is 50.9 cm³/mol. The Labute approximate surface area is 70.2 Å². The molecule has 10 heavy (non-hydrogen) atoms. The van der Waals surface area contributed by atoms with Gasteiger partial charge in [0.2, 0.25) is 0 Å². The third-order valence-corrected chi connectivity index (χ3v) is 1.90. The molecular weight excluding hydrogens is 142 g/mol. The lowest BCUT2D eigenvalue weighted by atomic mass is 10.1. The molecule has 0 atom stereocenters. The van der Waals surface area contributed by atoms with Gasteiger partial charge in [-0.05, 0) is 27.3 Å². The lowest BCUT2D eigenvalue weighted by Gasteiger charge is -2.34. The molecule has 62 valence electrons. The number of nitrogens with zero attached hydrogens (tertiary/aromatic N) is 1. The summed E-state index contributed by atoms with van der Waals surface area (Å²) in [5, 5.41) is 0. The van der Waals surface area contributed by atoms with Crippen molar-refractivity contribution >= 4 is 12.6 Å². The quantitative estimate of drug-likeness (QED) is 0.620. The van der Waals surface area contributed by atoms with E-state index in [1.54, 1.807) is 0 Å². The molecule has 0 aromatic carbocycles. The van der Waals surface area contributed by atoms with Gasteiger partial charge < -0.3 is 0 Å². The third-order valence-electron chi connectivity index (χ3n) is 1.70. The maximum Gasteiger partial charge on any atom is 0.0125 e. The van der Waals surface area contributed by atoms with Crippen LogP contribution in [0.4, 0.5) is 0 Å². The molecule has 0 rings (SSSR count). The van der Waals surface area contributed by atoms with E-state index >= 15 is 0 Å². The summed E-state index contributed by atoms with van der Waals surface area (Å²) < 4.78 is 0. The summed E-state index contributed by atoms with van der Waals surface area (Å²) in [6.45, 7) is 11.1. The van der Waals surface area contributed by atoms with Crippen LogP contribution in [0.1, 0.15) is 27.7 Å². The minimum Gasteiger partial charge on any atom is -0.298 e. The minimum atomic E-state index is 0.303. The maximum absolute atomic E-state index is 4.20. The van der Waals surface area contributed by atoms with Crippen molar-refractivity contribution in [3.8, 4) is 0 Å². The first-order chi connectivity index (χ1) is 4.52. The normalized spacial score (nSPS) is 12.6. The van der Waals surface area contributed by atoms with Crippen molar-refractivity contribution in [1.29, 1.82) is 0 Å². The molecule has 0 fully saturated rings. The van der Waals surface area contributed by atoms with E-state index in [4.69, 9.17) is 0 Å². The molecule has 0 saturated carbocycles.